The fourth-order valence-corrected chi connectivity index (χ4v) is 5.33. The Hall–Kier alpha value is -3.36. The number of carbonyl (C=O) groups is 1. The smallest absolute Gasteiger partial charge is 0.307 e. The van der Waals surface area contributed by atoms with Gasteiger partial charge in [0.15, 0.2) is 0 Å². The number of anilines is 1. The molecule has 39 heavy (non-hydrogen) atoms. The Morgan fingerprint density at radius 1 is 1.00 bits per heavy atom. The lowest BCUT2D eigenvalue weighted by Gasteiger charge is -2.22. The lowest BCUT2D eigenvalue weighted by atomic mass is 10.2. The first kappa shape index (κ1) is 28.6. The monoisotopic (exact) mass is 549 g/mol. The Labute approximate surface area is 234 Å². The van der Waals surface area contributed by atoms with Gasteiger partial charge in [0.25, 0.3) is 0 Å². The van der Waals surface area contributed by atoms with Crippen molar-refractivity contribution in [1.82, 2.24) is 9.88 Å². The third-order valence-electron chi connectivity index (χ3n) is 6.72. The molecular weight excluding hydrogens is 510 g/mol. The van der Waals surface area contributed by atoms with Crippen LogP contribution in [0.15, 0.2) is 64.8 Å². The third kappa shape index (κ3) is 9.11. The number of pyridine rings is 1. The van der Waals surface area contributed by atoms with E-state index in [9.17, 15) is 9.59 Å². The van der Waals surface area contributed by atoms with Gasteiger partial charge in [-0.2, -0.15) is 0 Å². The number of esters is 1. The van der Waals surface area contributed by atoms with E-state index in [4.69, 9.17) is 9.47 Å². The van der Waals surface area contributed by atoms with Gasteiger partial charge in [0, 0.05) is 54.0 Å². The number of rotatable bonds is 17. The number of aromatic nitrogens is 1. The van der Waals surface area contributed by atoms with Gasteiger partial charge in [0.2, 0.25) is 5.56 Å². The first-order valence-electron chi connectivity index (χ1n) is 14.0. The highest BCUT2D eigenvalue weighted by Gasteiger charge is 2.10. The summed E-state index contributed by atoms with van der Waals surface area (Å²) >= 11 is 1.74. The lowest BCUT2D eigenvalue weighted by Crippen LogP contribution is -2.33. The summed E-state index contributed by atoms with van der Waals surface area (Å²) in [5.41, 5.74) is 1.78. The molecule has 7 nitrogen and oxygen atoms in total. The van der Waals surface area contributed by atoms with Crippen LogP contribution in [-0.4, -0.2) is 48.8 Å². The van der Waals surface area contributed by atoms with Crippen LogP contribution in [0.25, 0.3) is 21.0 Å². The molecule has 0 aliphatic heterocycles. The summed E-state index contributed by atoms with van der Waals surface area (Å²) in [7, 11) is 0. The van der Waals surface area contributed by atoms with Crippen LogP contribution >= 0.6 is 11.3 Å². The summed E-state index contributed by atoms with van der Waals surface area (Å²) in [4.78, 5) is 28.9. The molecule has 0 radical (unpaired) electrons. The summed E-state index contributed by atoms with van der Waals surface area (Å²) in [6, 6.07) is 17.5. The summed E-state index contributed by atoms with van der Waals surface area (Å²) in [5, 5.41) is 7.88. The van der Waals surface area contributed by atoms with Crippen molar-refractivity contribution in [2.24, 2.45) is 0 Å². The van der Waals surface area contributed by atoms with E-state index in [1.165, 1.54) is 16.2 Å². The number of aromatic amines is 1. The number of nitrogens with zero attached hydrogens (tertiary/aromatic N) is 1. The molecule has 0 saturated heterocycles. The number of benzene rings is 2. The quantitative estimate of drug-likeness (QED) is 0.0857. The normalized spacial score (nSPS) is 11.3. The summed E-state index contributed by atoms with van der Waals surface area (Å²) in [5.74, 6) is 0.620. The molecule has 4 rings (SSSR count). The number of carbonyl (C=O) groups excluding carboxylic acids is 1. The number of thiophene rings is 1. The molecule has 8 heteroatoms. The molecule has 0 amide bonds. The highest BCUT2D eigenvalue weighted by molar-refractivity contribution is 7.17. The van der Waals surface area contributed by atoms with E-state index in [0.29, 0.717) is 19.8 Å². The molecule has 2 heterocycles. The number of H-pyrrole nitrogens is 1. The number of ether oxygens (including phenoxy) is 2. The number of hydrogen-bond donors (Lipinski definition) is 2. The zero-order chi connectivity index (χ0) is 27.3. The van der Waals surface area contributed by atoms with Gasteiger partial charge in [-0.25, -0.2) is 0 Å². The molecule has 2 N–H and O–H groups in total. The van der Waals surface area contributed by atoms with Crippen molar-refractivity contribution < 1.29 is 14.3 Å². The Kier molecular flexibility index (Phi) is 11.2. The van der Waals surface area contributed by atoms with Gasteiger partial charge < -0.3 is 19.8 Å². The Morgan fingerprint density at radius 2 is 1.90 bits per heavy atom. The second kappa shape index (κ2) is 15.3. The summed E-state index contributed by atoms with van der Waals surface area (Å²) < 4.78 is 12.8. The highest BCUT2D eigenvalue weighted by Crippen LogP contribution is 2.27. The predicted octanol–water partition coefficient (Wildman–Crippen LogP) is 6.79. The number of nitrogens with one attached hydrogen (secondary N) is 2. The van der Waals surface area contributed by atoms with Gasteiger partial charge >= 0.3 is 5.97 Å². The molecule has 0 spiro atoms. The van der Waals surface area contributed by atoms with Crippen molar-refractivity contribution in [1.29, 1.82) is 0 Å². The van der Waals surface area contributed by atoms with Crippen molar-refractivity contribution in [3.8, 4) is 5.75 Å². The molecule has 0 aliphatic rings. The van der Waals surface area contributed by atoms with Crippen molar-refractivity contribution in [3.05, 3.63) is 70.3 Å². The number of unbranched alkanes of at least 4 members (excludes halogenated alkanes) is 4. The van der Waals surface area contributed by atoms with Crippen molar-refractivity contribution in [2.75, 3.05) is 38.3 Å². The minimum absolute atomic E-state index is 0.121. The van der Waals surface area contributed by atoms with E-state index >= 15 is 0 Å². The summed E-state index contributed by atoms with van der Waals surface area (Å²) in [6.45, 7) is 5.37. The van der Waals surface area contributed by atoms with Crippen molar-refractivity contribution >= 4 is 44.0 Å². The van der Waals surface area contributed by atoms with Gasteiger partial charge in [0.1, 0.15) is 12.5 Å². The SMILES string of the molecule is CCCCCCC(=O)OCN(CCCCOc1ccc2ccc(=O)[nH]c2c1)CCNc1cccc2sccc12. The second-order valence-electron chi connectivity index (χ2n) is 9.77. The molecular formula is C31H39N3O4S. The zero-order valence-electron chi connectivity index (χ0n) is 22.7. The number of fused-ring (bicyclic) bond motifs is 2. The predicted molar refractivity (Wildman–Crippen MR) is 161 cm³/mol. The first-order valence-corrected chi connectivity index (χ1v) is 14.8. The topological polar surface area (TPSA) is 83.7 Å². The van der Waals surface area contributed by atoms with E-state index in [-0.39, 0.29) is 11.5 Å². The van der Waals surface area contributed by atoms with Crippen LogP contribution in [-0.2, 0) is 9.53 Å². The van der Waals surface area contributed by atoms with E-state index in [1.807, 2.05) is 18.2 Å². The molecule has 208 valence electrons. The van der Waals surface area contributed by atoms with Gasteiger partial charge in [-0.1, -0.05) is 32.3 Å². The van der Waals surface area contributed by atoms with Crippen LogP contribution in [0, 0.1) is 0 Å². The molecule has 0 saturated carbocycles. The fraction of sp³-hybridized carbons (Fsp3) is 0.419. The maximum Gasteiger partial charge on any atom is 0.307 e. The van der Waals surface area contributed by atoms with Crippen molar-refractivity contribution in [2.45, 2.75) is 51.9 Å². The van der Waals surface area contributed by atoms with Crippen LogP contribution in [0.4, 0.5) is 5.69 Å². The average molecular weight is 550 g/mol. The first-order chi connectivity index (χ1) is 19.1. The van der Waals surface area contributed by atoms with E-state index in [0.717, 1.165) is 80.5 Å². The Bertz CT molecular complexity index is 1380. The van der Waals surface area contributed by atoms with E-state index < -0.39 is 0 Å². The molecule has 0 bridgehead atoms. The minimum atomic E-state index is -0.122. The zero-order valence-corrected chi connectivity index (χ0v) is 23.6. The second-order valence-corrected chi connectivity index (χ2v) is 10.7. The summed E-state index contributed by atoms with van der Waals surface area (Å²) in [6.07, 6.45) is 6.53. The van der Waals surface area contributed by atoms with Gasteiger partial charge in [-0.15, -0.1) is 11.3 Å². The largest absolute Gasteiger partial charge is 0.494 e. The molecule has 0 fully saturated rings. The van der Waals surface area contributed by atoms with Crippen LogP contribution in [0.2, 0.25) is 0 Å². The van der Waals surface area contributed by atoms with Crippen LogP contribution in [0.3, 0.4) is 0 Å². The standard InChI is InChI=1S/C31H39N3O4S/c1-2-3-4-5-11-31(36)38-23-34(19-17-32-27-9-8-10-29-26(27)16-21-39-29)18-6-7-20-37-25-14-12-24-13-15-30(35)33-28(24)22-25/h8-10,12-16,21-22,32H,2-7,11,17-20,23H2,1H3,(H,33,35). The Balaban J connectivity index is 1.23. The Morgan fingerprint density at radius 3 is 2.79 bits per heavy atom. The van der Waals surface area contributed by atoms with Gasteiger partial charge in [0.05, 0.1) is 12.1 Å². The van der Waals surface area contributed by atoms with E-state index in [1.54, 1.807) is 17.4 Å². The minimum Gasteiger partial charge on any atom is -0.494 e. The fourth-order valence-electron chi connectivity index (χ4n) is 4.52. The number of hydrogen-bond acceptors (Lipinski definition) is 7. The third-order valence-corrected chi connectivity index (χ3v) is 7.60. The van der Waals surface area contributed by atoms with E-state index in [2.05, 4.69) is 51.8 Å². The maximum absolute atomic E-state index is 12.3. The molecule has 4 aromatic rings. The maximum atomic E-state index is 12.3. The van der Waals surface area contributed by atoms with Crippen LogP contribution in [0.5, 0.6) is 5.75 Å². The lowest BCUT2D eigenvalue weighted by molar-refractivity contribution is -0.148. The highest BCUT2D eigenvalue weighted by atomic mass is 32.1. The average Bonchev–Trinajstić information content (AvgIpc) is 3.43. The molecule has 0 unspecified atom stereocenters. The molecule has 0 aliphatic carbocycles. The van der Waals surface area contributed by atoms with Crippen LogP contribution in [0.1, 0.15) is 51.9 Å². The molecule has 0 atom stereocenters. The molecule has 2 aromatic carbocycles. The van der Waals surface area contributed by atoms with Crippen molar-refractivity contribution in [3.63, 3.8) is 0 Å². The molecule has 2 aromatic heterocycles. The van der Waals surface area contributed by atoms with Crippen LogP contribution < -0.4 is 15.6 Å². The van der Waals surface area contributed by atoms with Gasteiger partial charge in [-0.05, 0) is 66.4 Å². The van der Waals surface area contributed by atoms with Gasteiger partial charge in [-0.3, -0.25) is 14.5 Å².